The second-order valence-corrected chi connectivity index (χ2v) is 5.71. The lowest BCUT2D eigenvalue weighted by Gasteiger charge is -2.13. The first-order valence-electron chi connectivity index (χ1n) is 8.14. The van der Waals surface area contributed by atoms with Gasteiger partial charge in [0.15, 0.2) is 0 Å². The lowest BCUT2D eigenvalue weighted by Crippen LogP contribution is -2.26. The van der Waals surface area contributed by atoms with Crippen molar-refractivity contribution in [2.45, 2.75) is 45.6 Å². The van der Waals surface area contributed by atoms with Crippen LogP contribution in [0.25, 0.3) is 10.8 Å². The third kappa shape index (κ3) is 5.39. The fraction of sp³-hybridized carbons (Fsp3) is 0.474. The van der Waals surface area contributed by atoms with Gasteiger partial charge in [0.2, 0.25) is 0 Å². The predicted octanol–water partition coefficient (Wildman–Crippen LogP) is 4.78. The molecule has 1 unspecified atom stereocenters. The van der Waals surface area contributed by atoms with Crippen LogP contribution in [0, 0.1) is 0 Å². The lowest BCUT2D eigenvalue weighted by molar-refractivity contribution is 0.302. The summed E-state index contributed by atoms with van der Waals surface area (Å²) in [6.45, 7) is 6.39. The standard InChI is InChI=1S/C19H27NO/c1-3-13-20-16(2)8-6-7-14-21-19-12-11-17-9-4-5-10-18(17)15-19/h4-5,9-12,15-16,20H,3,6-8,13-14H2,1-2H3. The molecule has 2 rings (SSSR count). The highest BCUT2D eigenvalue weighted by Gasteiger charge is 2.01. The molecule has 1 atom stereocenters. The van der Waals surface area contributed by atoms with Crippen LogP contribution in [-0.4, -0.2) is 19.2 Å². The van der Waals surface area contributed by atoms with E-state index < -0.39 is 0 Å². The Labute approximate surface area is 128 Å². The van der Waals surface area contributed by atoms with Crippen LogP contribution in [0.15, 0.2) is 42.5 Å². The molecular weight excluding hydrogens is 258 g/mol. The Morgan fingerprint density at radius 1 is 1.05 bits per heavy atom. The Morgan fingerprint density at radius 3 is 2.67 bits per heavy atom. The molecule has 0 amide bonds. The molecule has 0 saturated carbocycles. The fourth-order valence-electron chi connectivity index (χ4n) is 2.49. The van der Waals surface area contributed by atoms with Gasteiger partial charge in [-0.05, 0) is 62.1 Å². The number of rotatable bonds is 9. The van der Waals surface area contributed by atoms with Crippen molar-refractivity contribution in [3.8, 4) is 5.75 Å². The highest BCUT2D eigenvalue weighted by Crippen LogP contribution is 2.20. The number of nitrogens with one attached hydrogen (secondary N) is 1. The molecule has 0 spiro atoms. The van der Waals surface area contributed by atoms with Gasteiger partial charge in [0, 0.05) is 6.04 Å². The van der Waals surface area contributed by atoms with Crippen LogP contribution >= 0.6 is 0 Å². The second-order valence-electron chi connectivity index (χ2n) is 5.71. The van der Waals surface area contributed by atoms with Gasteiger partial charge in [0.25, 0.3) is 0 Å². The van der Waals surface area contributed by atoms with Crippen LogP contribution in [0.4, 0.5) is 0 Å². The molecule has 2 nitrogen and oxygen atoms in total. The summed E-state index contributed by atoms with van der Waals surface area (Å²) in [4.78, 5) is 0. The lowest BCUT2D eigenvalue weighted by atomic mass is 10.1. The first-order valence-corrected chi connectivity index (χ1v) is 8.14. The number of hydrogen-bond acceptors (Lipinski definition) is 2. The van der Waals surface area contributed by atoms with E-state index >= 15 is 0 Å². The van der Waals surface area contributed by atoms with Crippen LogP contribution in [0.1, 0.15) is 39.5 Å². The van der Waals surface area contributed by atoms with Crippen molar-refractivity contribution in [1.82, 2.24) is 5.32 Å². The van der Waals surface area contributed by atoms with Gasteiger partial charge >= 0.3 is 0 Å². The molecule has 1 N–H and O–H groups in total. The maximum Gasteiger partial charge on any atom is 0.119 e. The van der Waals surface area contributed by atoms with Gasteiger partial charge in [-0.1, -0.05) is 37.3 Å². The molecule has 0 fully saturated rings. The Balaban J connectivity index is 1.68. The van der Waals surface area contributed by atoms with Crippen LogP contribution in [-0.2, 0) is 0 Å². The van der Waals surface area contributed by atoms with Crippen molar-refractivity contribution in [3.05, 3.63) is 42.5 Å². The molecule has 2 aromatic rings. The SMILES string of the molecule is CCCNC(C)CCCCOc1ccc2ccccc2c1. The van der Waals surface area contributed by atoms with Crippen molar-refractivity contribution in [2.75, 3.05) is 13.2 Å². The summed E-state index contributed by atoms with van der Waals surface area (Å²) in [6.07, 6.45) is 4.76. The number of benzene rings is 2. The zero-order chi connectivity index (χ0) is 14.9. The van der Waals surface area contributed by atoms with Crippen molar-refractivity contribution in [1.29, 1.82) is 0 Å². The summed E-state index contributed by atoms with van der Waals surface area (Å²) in [5, 5.41) is 6.03. The highest BCUT2D eigenvalue weighted by atomic mass is 16.5. The van der Waals surface area contributed by atoms with E-state index in [0.29, 0.717) is 6.04 Å². The first kappa shape index (κ1) is 15.8. The first-order chi connectivity index (χ1) is 10.3. The monoisotopic (exact) mass is 285 g/mol. The summed E-state index contributed by atoms with van der Waals surface area (Å²) in [7, 11) is 0. The molecule has 0 aliphatic rings. The van der Waals surface area contributed by atoms with Crippen LogP contribution < -0.4 is 10.1 Å². The summed E-state index contributed by atoms with van der Waals surface area (Å²) in [5.74, 6) is 0.978. The molecule has 0 aliphatic heterocycles. The molecule has 0 saturated heterocycles. The van der Waals surface area contributed by atoms with E-state index in [2.05, 4.69) is 61.6 Å². The molecule has 0 aromatic heterocycles. The van der Waals surface area contributed by atoms with Crippen LogP contribution in [0.2, 0.25) is 0 Å². The number of ether oxygens (including phenoxy) is 1. The van der Waals surface area contributed by atoms with Gasteiger partial charge in [-0.2, -0.15) is 0 Å². The van der Waals surface area contributed by atoms with Crippen LogP contribution in [0.5, 0.6) is 5.75 Å². The third-order valence-corrected chi connectivity index (χ3v) is 3.76. The quantitative estimate of drug-likeness (QED) is 0.670. The van der Waals surface area contributed by atoms with Crippen molar-refractivity contribution in [2.24, 2.45) is 0 Å². The zero-order valence-electron chi connectivity index (χ0n) is 13.3. The predicted molar refractivity (Wildman–Crippen MR) is 91.0 cm³/mol. The van der Waals surface area contributed by atoms with Gasteiger partial charge in [0.1, 0.15) is 5.75 Å². The smallest absolute Gasteiger partial charge is 0.119 e. The van der Waals surface area contributed by atoms with E-state index in [0.717, 1.165) is 25.3 Å². The van der Waals surface area contributed by atoms with E-state index in [4.69, 9.17) is 4.74 Å². The average Bonchev–Trinajstić information content (AvgIpc) is 2.52. The second kappa shape index (κ2) is 8.68. The molecule has 114 valence electrons. The molecular formula is C19H27NO. The van der Waals surface area contributed by atoms with E-state index in [-0.39, 0.29) is 0 Å². The molecule has 0 bridgehead atoms. The minimum atomic E-state index is 0.616. The van der Waals surface area contributed by atoms with Gasteiger partial charge in [0.05, 0.1) is 6.61 Å². The maximum absolute atomic E-state index is 5.86. The molecule has 0 heterocycles. The van der Waals surface area contributed by atoms with Gasteiger partial charge in [-0.25, -0.2) is 0 Å². The number of fused-ring (bicyclic) bond motifs is 1. The Morgan fingerprint density at radius 2 is 1.86 bits per heavy atom. The Kier molecular flexibility index (Phi) is 6.55. The van der Waals surface area contributed by atoms with Gasteiger partial charge in [-0.3, -0.25) is 0 Å². The molecule has 21 heavy (non-hydrogen) atoms. The van der Waals surface area contributed by atoms with Crippen molar-refractivity contribution in [3.63, 3.8) is 0 Å². The van der Waals surface area contributed by atoms with E-state index in [1.54, 1.807) is 0 Å². The Bertz CT molecular complexity index is 538. The molecule has 2 heteroatoms. The topological polar surface area (TPSA) is 21.3 Å². The molecule has 0 aliphatic carbocycles. The summed E-state index contributed by atoms with van der Waals surface area (Å²) in [6, 6.07) is 15.3. The summed E-state index contributed by atoms with van der Waals surface area (Å²) in [5.41, 5.74) is 0. The minimum absolute atomic E-state index is 0.616. The minimum Gasteiger partial charge on any atom is -0.494 e. The number of hydrogen-bond donors (Lipinski definition) is 1. The normalized spacial score (nSPS) is 12.5. The maximum atomic E-state index is 5.86. The molecule has 0 radical (unpaired) electrons. The largest absolute Gasteiger partial charge is 0.494 e. The van der Waals surface area contributed by atoms with Crippen molar-refractivity contribution >= 4 is 10.8 Å². The number of unbranched alkanes of at least 4 members (excludes halogenated alkanes) is 1. The van der Waals surface area contributed by atoms with Crippen molar-refractivity contribution < 1.29 is 4.74 Å². The summed E-state index contributed by atoms with van der Waals surface area (Å²) < 4.78 is 5.86. The molecule has 2 aromatic carbocycles. The zero-order valence-corrected chi connectivity index (χ0v) is 13.3. The highest BCUT2D eigenvalue weighted by molar-refractivity contribution is 5.83. The van der Waals surface area contributed by atoms with Crippen LogP contribution in [0.3, 0.4) is 0 Å². The van der Waals surface area contributed by atoms with E-state index in [1.165, 1.54) is 30.0 Å². The third-order valence-electron chi connectivity index (χ3n) is 3.76. The van der Waals surface area contributed by atoms with Gasteiger partial charge in [-0.15, -0.1) is 0 Å². The van der Waals surface area contributed by atoms with Gasteiger partial charge < -0.3 is 10.1 Å². The average molecular weight is 285 g/mol. The fourth-order valence-corrected chi connectivity index (χ4v) is 2.49. The Hall–Kier alpha value is -1.54. The van der Waals surface area contributed by atoms with E-state index in [1.807, 2.05) is 0 Å². The summed E-state index contributed by atoms with van der Waals surface area (Å²) >= 11 is 0. The van der Waals surface area contributed by atoms with E-state index in [9.17, 15) is 0 Å².